The van der Waals surface area contributed by atoms with Gasteiger partial charge in [-0.1, -0.05) is 11.6 Å². The average molecular weight is 391 g/mol. The molecule has 0 amide bonds. The number of carboxylic acids is 1. The first-order valence-electron chi connectivity index (χ1n) is 9.84. The molecule has 3 aromatic rings. The van der Waals surface area contributed by atoms with Gasteiger partial charge in [-0.2, -0.15) is 0 Å². The van der Waals surface area contributed by atoms with E-state index in [2.05, 4.69) is 9.88 Å². The van der Waals surface area contributed by atoms with Crippen molar-refractivity contribution in [2.75, 3.05) is 31.1 Å². The Morgan fingerprint density at radius 1 is 1.03 bits per heavy atom. The largest absolute Gasteiger partial charge is 0.480 e. The van der Waals surface area contributed by atoms with Crippen LogP contribution in [0.5, 0.6) is 0 Å². The number of H-pyrrole nitrogens is 1. The van der Waals surface area contributed by atoms with E-state index in [4.69, 9.17) is 0 Å². The number of benzene rings is 2. The van der Waals surface area contributed by atoms with Crippen molar-refractivity contribution >= 4 is 28.3 Å². The summed E-state index contributed by atoms with van der Waals surface area (Å²) in [5.74, 6) is -0.772. The van der Waals surface area contributed by atoms with E-state index >= 15 is 0 Å². The molecule has 0 spiro atoms. The zero-order chi connectivity index (χ0) is 20.5. The molecule has 150 valence electrons. The Kier molecular flexibility index (Phi) is 5.11. The van der Waals surface area contributed by atoms with Crippen molar-refractivity contribution in [1.29, 1.82) is 0 Å². The molecule has 4 rings (SSSR count). The molecule has 1 atom stereocenters. The van der Waals surface area contributed by atoms with Crippen molar-refractivity contribution in [3.05, 3.63) is 65.4 Å². The van der Waals surface area contributed by atoms with Gasteiger partial charge in [-0.15, -0.1) is 0 Å². The Bertz CT molecular complexity index is 1050. The van der Waals surface area contributed by atoms with Crippen LogP contribution >= 0.6 is 0 Å². The fourth-order valence-corrected chi connectivity index (χ4v) is 4.11. The maximum Gasteiger partial charge on any atom is 0.325 e. The molecule has 1 aliphatic rings. The van der Waals surface area contributed by atoms with Gasteiger partial charge in [0.15, 0.2) is 5.78 Å². The smallest absolute Gasteiger partial charge is 0.325 e. The summed E-state index contributed by atoms with van der Waals surface area (Å²) < 4.78 is 0. The molecule has 0 aliphatic carbocycles. The highest BCUT2D eigenvalue weighted by atomic mass is 16.4. The van der Waals surface area contributed by atoms with E-state index in [0.717, 1.165) is 40.8 Å². The van der Waals surface area contributed by atoms with Crippen molar-refractivity contribution in [3.63, 3.8) is 0 Å². The van der Waals surface area contributed by atoms with Gasteiger partial charge in [-0.25, -0.2) is 0 Å². The summed E-state index contributed by atoms with van der Waals surface area (Å²) in [5.41, 5.74) is 4.65. The molecule has 29 heavy (non-hydrogen) atoms. The molecule has 1 aromatic heterocycles. The Labute approximate surface area is 169 Å². The number of carbonyl (C=O) groups excluding carboxylic acids is 1. The number of ketones is 1. The first kappa shape index (κ1) is 19.2. The van der Waals surface area contributed by atoms with Crippen molar-refractivity contribution in [2.45, 2.75) is 19.9 Å². The molecule has 2 N–H and O–H groups in total. The molecule has 1 fully saturated rings. The van der Waals surface area contributed by atoms with Crippen molar-refractivity contribution in [3.8, 4) is 0 Å². The molecule has 6 nitrogen and oxygen atoms in total. The van der Waals surface area contributed by atoms with Gasteiger partial charge in [-0.05, 0) is 50.2 Å². The summed E-state index contributed by atoms with van der Waals surface area (Å²) in [6, 6.07) is 13.0. The molecule has 1 saturated heterocycles. The molecule has 0 bridgehead atoms. The maximum absolute atomic E-state index is 12.2. The van der Waals surface area contributed by atoms with E-state index in [1.165, 1.54) is 0 Å². The highest BCUT2D eigenvalue weighted by Crippen LogP contribution is 2.31. The van der Waals surface area contributed by atoms with Crippen LogP contribution in [-0.4, -0.2) is 52.9 Å². The lowest BCUT2D eigenvalue weighted by atomic mass is 10.0. The van der Waals surface area contributed by atoms with Gasteiger partial charge in [0.25, 0.3) is 0 Å². The Morgan fingerprint density at radius 2 is 1.72 bits per heavy atom. The molecule has 2 heterocycles. The van der Waals surface area contributed by atoms with Crippen LogP contribution in [0.4, 0.5) is 5.69 Å². The SMILES string of the molecule is CC(=O)c1ccc(N2CCN(C(C(=O)O)c3c[nH]c4ccc(C)cc34)CC2)cc1. The van der Waals surface area contributed by atoms with Crippen LogP contribution < -0.4 is 4.90 Å². The number of aryl methyl sites for hydroxylation is 1. The van der Waals surface area contributed by atoms with Gasteiger partial charge < -0.3 is 15.0 Å². The van der Waals surface area contributed by atoms with Crippen molar-refractivity contribution < 1.29 is 14.7 Å². The van der Waals surface area contributed by atoms with Crippen LogP contribution in [0.1, 0.15) is 34.5 Å². The molecular weight excluding hydrogens is 366 g/mol. The first-order valence-corrected chi connectivity index (χ1v) is 9.84. The minimum Gasteiger partial charge on any atom is -0.480 e. The van der Waals surface area contributed by atoms with E-state index < -0.39 is 12.0 Å². The minimum atomic E-state index is -0.827. The van der Waals surface area contributed by atoms with E-state index in [-0.39, 0.29) is 5.78 Å². The van der Waals surface area contributed by atoms with E-state index in [0.29, 0.717) is 18.7 Å². The first-order chi connectivity index (χ1) is 13.9. The van der Waals surface area contributed by atoms with Crippen LogP contribution in [0.3, 0.4) is 0 Å². The second kappa shape index (κ2) is 7.72. The number of carbonyl (C=O) groups is 2. The quantitative estimate of drug-likeness (QED) is 0.650. The highest BCUT2D eigenvalue weighted by molar-refractivity contribution is 5.94. The zero-order valence-corrected chi connectivity index (χ0v) is 16.7. The number of rotatable bonds is 5. The summed E-state index contributed by atoms with van der Waals surface area (Å²) in [7, 11) is 0. The maximum atomic E-state index is 12.2. The summed E-state index contributed by atoms with van der Waals surface area (Å²) in [5, 5.41) is 11.0. The van der Waals surface area contributed by atoms with E-state index in [1.807, 2.05) is 60.5 Å². The second-order valence-electron chi connectivity index (χ2n) is 7.66. The number of carboxylic acid groups (broad SMARTS) is 1. The normalized spacial score (nSPS) is 16.1. The predicted octanol–water partition coefficient (Wildman–Crippen LogP) is 3.63. The molecular formula is C23H25N3O3. The van der Waals surface area contributed by atoms with Crippen LogP contribution in [0, 0.1) is 6.92 Å². The lowest BCUT2D eigenvalue weighted by Crippen LogP contribution is -2.49. The number of hydrogen-bond donors (Lipinski definition) is 2. The summed E-state index contributed by atoms with van der Waals surface area (Å²) >= 11 is 0. The lowest BCUT2D eigenvalue weighted by molar-refractivity contribution is -0.143. The molecule has 0 radical (unpaired) electrons. The third-order valence-electron chi connectivity index (χ3n) is 5.72. The third-order valence-corrected chi connectivity index (χ3v) is 5.72. The number of aromatic amines is 1. The molecule has 1 aliphatic heterocycles. The van der Waals surface area contributed by atoms with Gasteiger partial charge in [0, 0.05) is 60.1 Å². The van der Waals surface area contributed by atoms with Crippen LogP contribution in [0.2, 0.25) is 0 Å². The average Bonchev–Trinajstić information content (AvgIpc) is 3.11. The fraction of sp³-hybridized carbons (Fsp3) is 0.304. The van der Waals surface area contributed by atoms with Crippen LogP contribution in [-0.2, 0) is 4.79 Å². The van der Waals surface area contributed by atoms with Crippen molar-refractivity contribution in [1.82, 2.24) is 9.88 Å². The van der Waals surface area contributed by atoms with Crippen LogP contribution in [0.25, 0.3) is 10.9 Å². The number of nitrogens with zero attached hydrogens (tertiary/aromatic N) is 2. The van der Waals surface area contributed by atoms with Gasteiger partial charge in [0.2, 0.25) is 0 Å². The van der Waals surface area contributed by atoms with Gasteiger partial charge in [0.1, 0.15) is 6.04 Å². The Balaban J connectivity index is 1.53. The monoisotopic (exact) mass is 391 g/mol. The molecule has 6 heteroatoms. The van der Waals surface area contributed by atoms with Crippen molar-refractivity contribution in [2.24, 2.45) is 0 Å². The third kappa shape index (κ3) is 3.76. The number of nitrogens with one attached hydrogen (secondary N) is 1. The number of aromatic nitrogens is 1. The number of aliphatic carboxylic acids is 1. The number of hydrogen-bond acceptors (Lipinski definition) is 4. The fourth-order valence-electron chi connectivity index (χ4n) is 4.11. The molecule has 0 saturated carbocycles. The molecule has 1 unspecified atom stereocenters. The van der Waals surface area contributed by atoms with Gasteiger partial charge >= 0.3 is 5.97 Å². The summed E-state index contributed by atoms with van der Waals surface area (Å²) in [6.07, 6.45) is 1.83. The number of piperazine rings is 1. The Hall–Kier alpha value is -3.12. The van der Waals surface area contributed by atoms with Crippen LogP contribution in [0.15, 0.2) is 48.7 Å². The van der Waals surface area contributed by atoms with Gasteiger partial charge in [0.05, 0.1) is 0 Å². The summed E-state index contributed by atoms with van der Waals surface area (Å²) in [6.45, 7) is 6.37. The summed E-state index contributed by atoms with van der Waals surface area (Å²) in [4.78, 5) is 31.1. The van der Waals surface area contributed by atoms with E-state index in [1.54, 1.807) is 6.92 Å². The van der Waals surface area contributed by atoms with E-state index in [9.17, 15) is 14.7 Å². The standard InChI is InChI=1S/C23H25N3O3/c1-15-3-8-21-19(13-15)20(14-24-21)22(23(28)29)26-11-9-25(10-12-26)18-6-4-17(5-7-18)16(2)27/h3-8,13-14,22,24H,9-12H2,1-2H3,(H,28,29). The second-order valence-corrected chi connectivity index (χ2v) is 7.66. The zero-order valence-electron chi connectivity index (χ0n) is 16.7. The minimum absolute atomic E-state index is 0.0552. The number of fused-ring (bicyclic) bond motifs is 1. The topological polar surface area (TPSA) is 76.6 Å². The predicted molar refractivity (Wildman–Crippen MR) is 114 cm³/mol. The molecule has 2 aromatic carbocycles. The Morgan fingerprint density at radius 3 is 2.34 bits per heavy atom. The number of anilines is 1. The highest BCUT2D eigenvalue weighted by Gasteiger charge is 2.32. The number of Topliss-reactive ketones (excluding diaryl/α,β-unsaturated/α-hetero) is 1. The van der Waals surface area contributed by atoms with Gasteiger partial charge in [-0.3, -0.25) is 14.5 Å². The lowest BCUT2D eigenvalue weighted by Gasteiger charge is -2.38.